The lowest BCUT2D eigenvalue weighted by Gasteiger charge is -2.19. The number of hydrogen-bond donors (Lipinski definition) is 2. The van der Waals surface area contributed by atoms with Crippen LogP contribution in [0.3, 0.4) is 0 Å². The molecular formula is C21H31N5O2. The van der Waals surface area contributed by atoms with E-state index in [1.165, 1.54) is 0 Å². The van der Waals surface area contributed by atoms with Crippen LogP contribution < -0.4 is 10.6 Å². The summed E-state index contributed by atoms with van der Waals surface area (Å²) >= 11 is 0. The van der Waals surface area contributed by atoms with Crippen molar-refractivity contribution in [3.8, 4) is 0 Å². The Morgan fingerprint density at radius 1 is 1.00 bits per heavy atom. The normalized spacial score (nSPS) is 11.0. The summed E-state index contributed by atoms with van der Waals surface area (Å²) in [5.74, 6) is 1.00. The number of nitrogens with one attached hydrogen (secondary N) is 2. The topological polar surface area (TPSA) is 93.0 Å². The molecule has 1 heterocycles. The van der Waals surface area contributed by atoms with Crippen LogP contribution in [-0.2, 0) is 0 Å². The monoisotopic (exact) mass is 385 g/mol. The third kappa shape index (κ3) is 5.18. The maximum Gasteiger partial charge on any atom is 0.353 e. The molecule has 7 nitrogen and oxygen atoms in total. The summed E-state index contributed by atoms with van der Waals surface area (Å²) in [6, 6.07) is 4.25. The first-order valence-electron chi connectivity index (χ1n) is 9.91. The Kier molecular flexibility index (Phi) is 7.31. The Labute approximate surface area is 167 Å². The molecule has 1 aromatic heterocycles. The number of nitro groups is 1. The van der Waals surface area contributed by atoms with Gasteiger partial charge < -0.3 is 10.6 Å². The number of anilines is 3. The molecule has 2 N–H and O–H groups in total. The van der Waals surface area contributed by atoms with Gasteiger partial charge in [0.25, 0.3) is 0 Å². The highest BCUT2D eigenvalue weighted by Crippen LogP contribution is 2.35. The van der Waals surface area contributed by atoms with Gasteiger partial charge in [-0.25, -0.2) is 9.97 Å². The molecule has 0 saturated carbocycles. The first-order valence-corrected chi connectivity index (χ1v) is 9.91. The lowest BCUT2D eigenvalue weighted by atomic mass is 10.0. The quantitative estimate of drug-likeness (QED) is 0.422. The molecule has 0 aliphatic rings. The first-order chi connectivity index (χ1) is 13.3. The highest BCUT2D eigenvalue weighted by molar-refractivity contribution is 5.76. The van der Waals surface area contributed by atoms with Gasteiger partial charge in [0.15, 0.2) is 0 Å². The fraction of sp³-hybridized carbons (Fsp3) is 0.524. The predicted molar refractivity (Wildman–Crippen MR) is 115 cm³/mol. The van der Waals surface area contributed by atoms with Gasteiger partial charge >= 0.3 is 5.69 Å². The molecule has 28 heavy (non-hydrogen) atoms. The number of rotatable bonds is 9. The molecule has 0 saturated heterocycles. The van der Waals surface area contributed by atoms with Crippen molar-refractivity contribution in [3.63, 3.8) is 0 Å². The van der Waals surface area contributed by atoms with Gasteiger partial charge in [0, 0.05) is 11.7 Å². The second-order valence-electron chi connectivity index (χ2n) is 7.39. The van der Waals surface area contributed by atoms with E-state index in [0.717, 1.165) is 48.1 Å². The molecule has 0 fully saturated rings. The van der Waals surface area contributed by atoms with Crippen molar-refractivity contribution in [2.24, 2.45) is 0 Å². The summed E-state index contributed by atoms with van der Waals surface area (Å²) in [6.45, 7) is 12.0. The third-order valence-corrected chi connectivity index (χ3v) is 4.71. The van der Waals surface area contributed by atoms with E-state index in [1.54, 1.807) is 6.92 Å². The maximum atomic E-state index is 11.9. The second kappa shape index (κ2) is 9.48. The van der Waals surface area contributed by atoms with Gasteiger partial charge in [-0.2, -0.15) is 0 Å². The smallest absolute Gasteiger partial charge is 0.353 e. The van der Waals surface area contributed by atoms with Crippen LogP contribution in [0.1, 0.15) is 62.0 Å². The van der Waals surface area contributed by atoms with Crippen molar-refractivity contribution in [1.29, 1.82) is 0 Å². The van der Waals surface area contributed by atoms with Crippen molar-refractivity contribution in [1.82, 2.24) is 9.97 Å². The SMILES string of the molecule is CCCC(CCC)Nc1nc(C)nc(Nc2c(C)cc(C)cc2C)c1[N+](=O)[O-]. The summed E-state index contributed by atoms with van der Waals surface area (Å²) < 4.78 is 0. The van der Waals surface area contributed by atoms with E-state index in [2.05, 4.69) is 34.4 Å². The van der Waals surface area contributed by atoms with Crippen LogP contribution in [0.5, 0.6) is 0 Å². The van der Waals surface area contributed by atoms with Crippen molar-refractivity contribution in [2.75, 3.05) is 10.6 Å². The van der Waals surface area contributed by atoms with E-state index >= 15 is 0 Å². The summed E-state index contributed by atoms with van der Waals surface area (Å²) in [4.78, 5) is 20.2. The van der Waals surface area contributed by atoms with Crippen molar-refractivity contribution in [3.05, 3.63) is 44.8 Å². The zero-order valence-corrected chi connectivity index (χ0v) is 17.7. The Morgan fingerprint density at radius 3 is 2.04 bits per heavy atom. The van der Waals surface area contributed by atoms with Crippen LogP contribution in [0.4, 0.5) is 23.0 Å². The molecule has 0 amide bonds. The average Bonchev–Trinajstić information content (AvgIpc) is 2.57. The van der Waals surface area contributed by atoms with E-state index in [-0.39, 0.29) is 23.4 Å². The van der Waals surface area contributed by atoms with Gasteiger partial charge in [0.05, 0.1) is 4.92 Å². The fourth-order valence-corrected chi connectivity index (χ4v) is 3.60. The lowest BCUT2D eigenvalue weighted by molar-refractivity contribution is -0.383. The van der Waals surface area contributed by atoms with Gasteiger partial charge in [0.1, 0.15) is 5.82 Å². The van der Waals surface area contributed by atoms with Crippen LogP contribution in [-0.4, -0.2) is 20.9 Å². The number of aromatic nitrogens is 2. The Morgan fingerprint density at radius 2 is 1.54 bits per heavy atom. The highest BCUT2D eigenvalue weighted by Gasteiger charge is 2.26. The van der Waals surface area contributed by atoms with Crippen LogP contribution in [0.25, 0.3) is 0 Å². The molecule has 0 unspecified atom stereocenters. The van der Waals surface area contributed by atoms with Gasteiger partial charge in [-0.05, 0) is 51.7 Å². The summed E-state index contributed by atoms with van der Waals surface area (Å²) in [5, 5.41) is 18.4. The first kappa shape index (κ1) is 21.6. The molecule has 7 heteroatoms. The summed E-state index contributed by atoms with van der Waals surface area (Å²) in [6.07, 6.45) is 3.88. The number of aryl methyl sites for hydroxylation is 4. The van der Waals surface area contributed by atoms with Crippen LogP contribution in [0.15, 0.2) is 12.1 Å². The number of hydrogen-bond acceptors (Lipinski definition) is 6. The Hall–Kier alpha value is -2.70. The molecule has 0 radical (unpaired) electrons. The molecule has 1 aromatic carbocycles. The molecular weight excluding hydrogens is 354 g/mol. The fourth-order valence-electron chi connectivity index (χ4n) is 3.60. The highest BCUT2D eigenvalue weighted by atomic mass is 16.6. The van der Waals surface area contributed by atoms with E-state index in [0.29, 0.717) is 5.82 Å². The number of benzene rings is 1. The van der Waals surface area contributed by atoms with Crippen molar-refractivity contribution >= 4 is 23.0 Å². The van der Waals surface area contributed by atoms with Crippen LogP contribution in [0, 0.1) is 37.8 Å². The van der Waals surface area contributed by atoms with E-state index in [1.807, 2.05) is 32.9 Å². The molecule has 0 atom stereocenters. The Balaban J connectivity index is 2.50. The molecule has 0 bridgehead atoms. The van der Waals surface area contributed by atoms with E-state index < -0.39 is 4.92 Å². The molecule has 2 aromatic rings. The Bertz CT molecular complexity index is 822. The van der Waals surface area contributed by atoms with Crippen molar-refractivity contribution < 1.29 is 4.92 Å². The molecule has 0 spiro atoms. The van der Waals surface area contributed by atoms with Crippen molar-refractivity contribution in [2.45, 2.75) is 73.3 Å². The van der Waals surface area contributed by atoms with E-state index in [9.17, 15) is 10.1 Å². The molecule has 152 valence electrons. The van der Waals surface area contributed by atoms with Crippen LogP contribution >= 0.6 is 0 Å². The van der Waals surface area contributed by atoms with Crippen LogP contribution in [0.2, 0.25) is 0 Å². The largest absolute Gasteiger partial charge is 0.361 e. The van der Waals surface area contributed by atoms with E-state index in [4.69, 9.17) is 0 Å². The van der Waals surface area contributed by atoms with Gasteiger partial charge in [-0.3, -0.25) is 10.1 Å². The summed E-state index contributed by atoms with van der Waals surface area (Å²) in [7, 11) is 0. The molecule has 2 rings (SSSR count). The van der Waals surface area contributed by atoms with Gasteiger partial charge in [-0.1, -0.05) is 44.4 Å². The lowest BCUT2D eigenvalue weighted by Crippen LogP contribution is -2.21. The predicted octanol–water partition coefficient (Wildman–Crippen LogP) is 5.74. The zero-order valence-electron chi connectivity index (χ0n) is 17.7. The second-order valence-corrected chi connectivity index (χ2v) is 7.39. The third-order valence-electron chi connectivity index (χ3n) is 4.71. The minimum Gasteiger partial charge on any atom is -0.361 e. The number of nitrogens with zero attached hydrogens (tertiary/aromatic N) is 3. The molecule has 0 aliphatic heterocycles. The average molecular weight is 386 g/mol. The molecule has 0 aliphatic carbocycles. The van der Waals surface area contributed by atoms with Gasteiger partial charge in [0.2, 0.25) is 11.6 Å². The maximum absolute atomic E-state index is 11.9. The minimum atomic E-state index is -0.405. The summed E-state index contributed by atoms with van der Waals surface area (Å²) in [5.41, 5.74) is 3.93. The standard InChI is InChI=1S/C21H31N5O2/c1-7-9-17(10-8-2)24-20-19(26(27)28)21(23-16(6)22-20)25-18-14(4)11-13(3)12-15(18)5/h11-12,17H,7-10H2,1-6H3,(H2,22,23,24,25). The van der Waals surface area contributed by atoms with Gasteiger partial charge in [-0.15, -0.1) is 0 Å². The minimum absolute atomic E-state index is 0.109. The zero-order chi connectivity index (χ0) is 20.8.